The smallest absolute Gasteiger partial charge is 0.366 e. The summed E-state index contributed by atoms with van der Waals surface area (Å²) in [5.74, 6) is 0.0713. The molecule has 0 atom stereocenters. The Morgan fingerprint density at radius 2 is 1.91 bits per heavy atom. The zero-order chi connectivity index (χ0) is 17.0. The third-order valence-electron chi connectivity index (χ3n) is 2.80. The lowest BCUT2D eigenvalue weighted by molar-refractivity contribution is -0.141. The van der Waals surface area contributed by atoms with E-state index in [4.69, 9.17) is 0 Å². The Morgan fingerprint density at radius 1 is 1.17 bits per heavy atom. The summed E-state index contributed by atoms with van der Waals surface area (Å²) in [6.45, 7) is 3.96. The van der Waals surface area contributed by atoms with Crippen molar-refractivity contribution >= 4 is 27.7 Å². The quantitative estimate of drug-likeness (QED) is 0.779. The highest BCUT2D eigenvalue weighted by atomic mass is 79.9. The number of hydrogen-bond donors (Lipinski definition) is 2. The molecule has 1 aromatic carbocycles. The Labute approximate surface area is 140 Å². The molecule has 23 heavy (non-hydrogen) atoms. The van der Waals surface area contributed by atoms with E-state index in [-0.39, 0.29) is 17.8 Å². The summed E-state index contributed by atoms with van der Waals surface area (Å²) in [5, 5.41) is 5.70. The van der Waals surface area contributed by atoms with Crippen molar-refractivity contribution in [3.63, 3.8) is 0 Å². The van der Waals surface area contributed by atoms with Gasteiger partial charge in [0.1, 0.15) is 5.82 Å². The maximum absolute atomic E-state index is 12.9. The first kappa shape index (κ1) is 17.5. The van der Waals surface area contributed by atoms with E-state index in [1.807, 2.05) is 24.3 Å². The van der Waals surface area contributed by atoms with Crippen LogP contribution >= 0.6 is 15.9 Å². The lowest BCUT2D eigenvalue weighted by Crippen LogP contribution is -2.17. The molecule has 8 heteroatoms. The van der Waals surface area contributed by atoms with Gasteiger partial charge in [-0.25, -0.2) is 4.98 Å². The number of nitrogens with zero attached hydrogens (tertiary/aromatic N) is 2. The van der Waals surface area contributed by atoms with Crippen LogP contribution in [0.25, 0.3) is 0 Å². The first-order valence-electron chi connectivity index (χ1n) is 6.95. The molecule has 124 valence electrons. The number of hydrogen-bond acceptors (Lipinski definition) is 4. The fourth-order valence-electron chi connectivity index (χ4n) is 1.85. The molecule has 2 rings (SSSR count). The van der Waals surface area contributed by atoms with Crippen LogP contribution in [0.1, 0.15) is 25.1 Å². The first-order chi connectivity index (χ1) is 10.7. The zero-order valence-electron chi connectivity index (χ0n) is 12.6. The minimum Gasteiger partial charge on any atom is -0.366 e. The Balaban J connectivity index is 2.22. The average Bonchev–Trinajstić information content (AvgIpc) is 2.43. The summed E-state index contributed by atoms with van der Waals surface area (Å²) in [6, 6.07) is 8.32. The van der Waals surface area contributed by atoms with Gasteiger partial charge in [-0.05, 0) is 31.5 Å². The van der Waals surface area contributed by atoms with E-state index in [9.17, 15) is 13.2 Å². The summed E-state index contributed by atoms with van der Waals surface area (Å²) in [7, 11) is 0. The van der Waals surface area contributed by atoms with Crippen molar-refractivity contribution in [1.82, 2.24) is 9.97 Å². The highest BCUT2D eigenvalue weighted by Gasteiger charge is 2.33. The molecule has 0 aliphatic carbocycles. The second kappa shape index (κ2) is 7.16. The molecular weight excluding hydrogens is 373 g/mol. The van der Waals surface area contributed by atoms with E-state index < -0.39 is 11.9 Å². The highest BCUT2D eigenvalue weighted by Crippen LogP contribution is 2.30. The predicted octanol–water partition coefficient (Wildman–Crippen LogP) is 4.69. The summed E-state index contributed by atoms with van der Waals surface area (Å²) in [6.07, 6.45) is -4.53. The van der Waals surface area contributed by atoms with Gasteiger partial charge in [0, 0.05) is 23.1 Å². The van der Waals surface area contributed by atoms with Crippen LogP contribution in [-0.2, 0) is 12.7 Å². The lowest BCUT2D eigenvalue weighted by atomic mass is 10.2. The molecule has 1 aromatic heterocycles. The Bertz CT molecular complexity index is 674. The molecule has 0 aliphatic rings. The summed E-state index contributed by atoms with van der Waals surface area (Å²) in [5.41, 5.74) is -0.0580. The Hall–Kier alpha value is -1.83. The molecule has 1 heterocycles. The topological polar surface area (TPSA) is 49.8 Å². The normalized spacial score (nSPS) is 11.6. The number of nitrogens with one attached hydrogen (secondary N) is 2. The van der Waals surface area contributed by atoms with E-state index in [0.717, 1.165) is 16.1 Å². The van der Waals surface area contributed by atoms with E-state index in [0.29, 0.717) is 6.54 Å². The van der Waals surface area contributed by atoms with Crippen molar-refractivity contribution in [2.75, 3.05) is 10.6 Å². The molecule has 0 spiro atoms. The molecule has 0 amide bonds. The van der Waals surface area contributed by atoms with Crippen LogP contribution in [0.5, 0.6) is 0 Å². The van der Waals surface area contributed by atoms with Gasteiger partial charge < -0.3 is 10.6 Å². The van der Waals surface area contributed by atoms with Gasteiger partial charge in [-0.15, -0.1) is 0 Å². The largest absolute Gasteiger partial charge is 0.433 e. The number of rotatable bonds is 5. The summed E-state index contributed by atoms with van der Waals surface area (Å²) >= 11 is 3.35. The molecular formula is C15H16BrF3N4. The number of alkyl halides is 3. The third kappa shape index (κ3) is 5.38. The maximum Gasteiger partial charge on any atom is 0.433 e. The van der Waals surface area contributed by atoms with Crippen LogP contribution in [0, 0.1) is 0 Å². The molecule has 0 fully saturated rings. The van der Waals surface area contributed by atoms with Crippen LogP contribution in [0.2, 0.25) is 0 Å². The number of anilines is 2. The molecule has 0 bridgehead atoms. The zero-order valence-corrected chi connectivity index (χ0v) is 14.2. The maximum atomic E-state index is 12.9. The highest BCUT2D eigenvalue weighted by molar-refractivity contribution is 9.10. The van der Waals surface area contributed by atoms with Crippen LogP contribution < -0.4 is 10.6 Å². The van der Waals surface area contributed by atoms with Crippen molar-refractivity contribution in [3.05, 3.63) is 46.1 Å². The van der Waals surface area contributed by atoms with Crippen molar-refractivity contribution in [2.24, 2.45) is 0 Å². The van der Waals surface area contributed by atoms with Crippen molar-refractivity contribution < 1.29 is 13.2 Å². The van der Waals surface area contributed by atoms with Crippen LogP contribution in [0.4, 0.5) is 24.9 Å². The van der Waals surface area contributed by atoms with Gasteiger partial charge in [0.2, 0.25) is 5.95 Å². The number of halogens is 4. The second-order valence-corrected chi connectivity index (χ2v) is 6.16. The van der Waals surface area contributed by atoms with E-state index in [1.54, 1.807) is 13.8 Å². The fraction of sp³-hybridized carbons (Fsp3) is 0.333. The van der Waals surface area contributed by atoms with Crippen molar-refractivity contribution in [3.8, 4) is 0 Å². The van der Waals surface area contributed by atoms with Crippen molar-refractivity contribution in [2.45, 2.75) is 32.6 Å². The van der Waals surface area contributed by atoms with E-state index in [1.165, 1.54) is 0 Å². The fourth-order valence-corrected chi connectivity index (χ4v) is 2.29. The van der Waals surface area contributed by atoms with Gasteiger partial charge in [-0.1, -0.05) is 28.1 Å². The Morgan fingerprint density at radius 3 is 2.52 bits per heavy atom. The molecule has 0 aliphatic heterocycles. The third-order valence-corrected chi connectivity index (χ3v) is 3.29. The summed E-state index contributed by atoms with van der Waals surface area (Å²) < 4.78 is 39.7. The molecule has 4 nitrogen and oxygen atoms in total. The predicted molar refractivity (Wildman–Crippen MR) is 87.3 cm³/mol. The molecule has 2 aromatic rings. The lowest BCUT2D eigenvalue weighted by Gasteiger charge is -2.14. The van der Waals surface area contributed by atoms with E-state index in [2.05, 4.69) is 36.5 Å². The minimum atomic E-state index is -4.53. The SMILES string of the molecule is CC(C)Nc1nc(NCc2cccc(Br)c2)cc(C(F)(F)F)n1. The summed E-state index contributed by atoms with van der Waals surface area (Å²) in [4.78, 5) is 7.60. The van der Waals surface area contributed by atoms with Crippen LogP contribution in [-0.4, -0.2) is 16.0 Å². The van der Waals surface area contributed by atoms with Crippen LogP contribution in [0.3, 0.4) is 0 Å². The molecule has 0 radical (unpaired) electrons. The Kier molecular flexibility index (Phi) is 5.46. The van der Waals surface area contributed by atoms with Gasteiger partial charge in [0.25, 0.3) is 0 Å². The van der Waals surface area contributed by atoms with Crippen LogP contribution in [0.15, 0.2) is 34.8 Å². The van der Waals surface area contributed by atoms with Gasteiger partial charge in [-0.3, -0.25) is 0 Å². The molecule has 0 saturated heterocycles. The van der Waals surface area contributed by atoms with Crippen molar-refractivity contribution in [1.29, 1.82) is 0 Å². The monoisotopic (exact) mass is 388 g/mol. The van der Waals surface area contributed by atoms with Gasteiger partial charge in [0.15, 0.2) is 5.69 Å². The number of benzene rings is 1. The standard InChI is InChI=1S/C15H16BrF3N4/c1-9(2)21-14-22-12(15(17,18)19)7-13(23-14)20-8-10-4-3-5-11(16)6-10/h3-7,9H,8H2,1-2H3,(H2,20,21,22,23). The molecule has 0 saturated carbocycles. The second-order valence-electron chi connectivity index (χ2n) is 5.24. The first-order valence-corrected chi connectivity index (χ1v) is 7.74. The minimum absolute atomic E-state index is 0.0495. The van der Waals surface area contributed by atoms with Gasteiger partial charge in [-0.2, -0.15) is 18.2 Å². The molecule has 2 N–H and O–H groups in total. The number of aromatic nitrogens is 2. The van der Waals surface area contributed by atoms with Gasteiger partial charge in [0.05, 0.1) is 0 Å². The van der Waals surface area contributed by atoms with Gasteiger partial charge >= 0.3 is 6.18 Å². The average molecular weight is 389 g/mol. The van der Waals surface area contributed by atoms with E-state index >= 15 is 0 Å². The molecule has 0 unspecified atom stereocenters.